The molecule has 1 heterocycles. The van der Waals surface area contributed by atoms with Gasteiger partial charge in [0.1, 0.15) is 6.04 Å². The first-order valence-electron chi connectivity index (χ1n) is 10.6. The van der Waals surface area contributed by atoms with E-state index in [0.717, 1.165) is 6.07 Å². The third kappa shape index (κ3) is 6.01. The highest BCUT2D eigenvalue weighted by Gasteiger charge is 2.46. The number of sulfonamides is 1. The van der Waals surface area contributed by atoms with Crippen molar-refractivity contribution >= 4 is 21.9 Å². The van der Waals surface area contributed by atoms with Crippen LogP contribution < -0.4 is 4.72 Å². The second-order valence-electron chi connectivity index (χ2n) is 8.11. The zero-order valence-electron chi connectivity index (χ0n) is 18.9. The van der Waals surface area contributed by atoms with Crippen molar-refractivity contribution in [3.8, 4) is 6.07 Å². The van der Waals surface area contributed by atoms with Gasteiger partial charge < -0.3 is 14.7 Å². The Balaban J connectivity index is 1.93. The van der Waals surface area contributed by atoms with Crippen LogP contribution in [0.5, 0.6) is 0 Å². The second-order valence-corrected chi connectivity index (χ2v) is 9.82. The third-order valence-corrected chi connectivity index (χ3v) is 7.17. The highest BCUT2D eigenvalue weighted by molar-refractivity contribution is 7.89. The van der Waals surface area contributed by atoms with Gasteiger partial charge in [-0.1, -0.05) is 18.2 Å². The van der Waals surface area contributed by atoms with E-state index in [-0.39, 0.29) is 42.0 Å². The van der Waals surface area contributed by atoms with Gasteiger partial charge >= 0.3 is 18.1 Å². The molecule has 0 radical (unpaired) electrons. The lowest BCUT2D eigenvalue weighted by molar-refractivity contribution is -0.189. The number of ether oxygens (including phenoxy) is 1. The number of nitrogens with zero attached hydrogens (tertiary/aromatic N) is 2. The molecule has 1 amide bonds. The summed E-state index contributed by atoms with van der Waals surface area (Å²) in [5.41, 5.74) is 1.40. The first-order chi connectivity index (χ1) is 16.9. The fourth-order valence-corrected chi connectivity index (χ4v) is 5.25. The standard InChI is InChI=1S/C23H22F3N3O6S/c1-35-13-20-18-11-17(6-5-16(18)7-8-29(20)22(32)23(24,25)26)36(33,34)28-19(21(30)31)10-14-3-2-4-15(9-14)12-27/h2-6,9,11,19-20,28H,7-8,10,13H2,1H3,(H,30,31)/t19-,20-/m0/s1. The van der Waals surface area contributed by atoms with Crippen molar-refractivity contribution < 1.29 is 41.0 Å². The number of carbonyl (C=O) groups excluding carboxylic acids is 1. The lowest BCUT2D eigenvalue weighted by atomic mass is 9.93. The number of carbonyl (C=O) groups is 2. The molecule has 9 nitrogen and oxygen atoms in total. The molecule has 1 aliphatic heterocycles. The van der Waals surface area contributed by atoms with Crippen molar-refractivity contribution in [2.45, 2.75) is 36.0 Å². The molecule has 0 saturated heterocycles. The number of benzene rings is 2. The molecule has 1 aliphatic rings. The number of carboxylic acid groups (broad SMARTS) is 1. The maximum Gasteiger partial charge on any atom is 0.471 e. The molecule has 3 rings (SSSR count). The molecule has 0 saturated carbocycles. The van der Waals surface area contributed by atoms with Gasteiger partial charge in [-0.05, 0) is 53.8 Å². The highest BCUT2D eigenvalue weighted by atomic mass is 32.2. The second kappa shape index (κ2) is 10.7. The molecule has 0 unspecified atom stereocenters. The van der Waals surface area contributed by atoms with Crippen molar-refractivity contribution in [3.05, 3.63) is 64.7 Å². The van der Waals surface area contributed by atoms with Gasteiger partial charge in [0, 0.05) is 13.7 Å². The first-order valence-corrected chi connectivity index (χ1v) is 12.1. The van der Waals surface area contributed by atoms with Gasteiger partial charge in [-0.25, -0.2) is 8.42 Å². The van der Waals surface area contributed by atoms with Crippen LogP contribution in [0.2, 0.25) is 0 Å². The number of carboxylic acids is 1. The highest BCUT2D eigenvalue weighted by Crippen LogP contribution is 2.34. The van der Waals surface area contributed by atoms with Crippen LogP contribution >= 0.6 is 0 Å². The number of hydrogen-bond donors (Lipinski definition) is 2. The van der Waals surface area contributed by atoms with Gasteiger partial charge in [-0.15, -0.1) is 0 Å². The first kappa shape index (κ1) is 27.1. The summed E-state index contributed by atoms with van der Waals surface area (Å²) in [6, 6.07) is 8.95. The smallest absolute Gasteiger partial charge is 0.471 e. The van der Waals surface area contributed by atoms with E-state index < -0.39 is 40.2 Å². The number of alkyl halides is 3. The number of aliphatic carboxylic acids is 1. The van der Waals surface area contributed by atoms with E-state index in [1.54, 1.807) is 6.07 Å². The minimum absolute atomic E-state index is 0.0676. The van der Waals surface area contributed by atoms with Crippen LogP contribution in [-0.2, 0) is 37.2 Å². The predicted molar refractivity (Wildman–Crippen MR) is 119 cm³/mol. The zero-order valence-corrected chi connectivity index (χ0v) is 19.8. The van der Waals surface area contributed by atoms with Crippen LogP contribution in [0.4, 0.5) is 13.2 Å². The molecular weight excluding hydrogens is 503 g/mol. The lowest BCUT2D eigenvalue weighted by Gasteiger charge is -2.37. The maximum absolute atomic E-state index is 13.1. The molecule has 0 spiro atoms. The summed E-state index contributed by atoms with van der Waals surface area (Å²) in [4.78, 5) is 24.0. The van der Waals surface area contributed by atoms with Crippen LogP contribution in [-0.4, -0.2) is 62.8 Å². The molecule has 2 aromatic rings. The Labute approximate surface area is 205 Å². The monoisotopic (exact) mass is 525 g/mol. The fourth-order valence-electron chi connectivity index (χ4n) is 4.02. The largest absolute Gasteiger partial charge is 0.480 e. The zero-order chi connectivity index (χ0) is 26.7. The summed E-state index contributed by atoms with van der Waals surface area (Å²) >= 11 is 0. The van der Waals surface area contributed by atoms with Crippen LogP contribution in [0.1, 0.15) is 28.3 Å². The summed E-state index contributed by atoms with van der Waals surface area (Å²) in [5, 5.41) is 18.6. The Morgan fingerprint density at radius 2 is 2.00 bits per heavy atom. The summed E-state index contributed by atoms with van der Waals surface area (Å²) in [5.74, 6) is -3.52. The summed E-state index contributed by atoms with van der Waals surface area (Å²) in [6.45, 7) is -0.536. The Hall–Kier alpha value is -3.47. The molecule has 36 heavy (non-hydrogen) atoms. The predicted octanol–water partition coefficient (Wildman–Crippen LogP) is 2.17. The summed E-state index contributed by atoms with van der Waals surface area (Å²) in [6.07, 6.45) is -5.31. The average Bonchev–Trinajstić information content (AvgIpc) is 2.82. The van der Waals surface area contributed by atoms with Gasteiger partial charge in [-0.3, -0.25) is 9.59 Å². The molecule has 0 bridgehead atoms. The Morgan fingerprint density at radius 3 is 2.61 bits per heavy atom. The Kier molecular flexibility index (Phi) is 8.02. The third-order valence-electron chi connectivity index (χ3n) is 5.70. The van der Waals surface area contributed by atoms with Crippen molar-refractivity contribution in [3.63, 3.8) is 0 Å². The molecule has 0 aliphatic carbocycles. The number of methoxy groups -OCH3 is 1. The molecular formula is C23H22F3N3O6S. The number of fused-ring (bicyclic) bond motifs is 1. The van der Waals surface area contributed by atoms with E-state index in [1.807, 2.05) is 6.07 Å². The van der Waals surface area contributed by atoms with Gasteiger partial charge in [0.2, 0.25) is 10.0 Å². The van der Waals surface area contributed by atoms with Crippen LogP contribution in [0.15, 0.2) is 47.4 Å². The summed E-state index contributed by atoms with van der Waals surface area (Å²) in [7, 11) is -3.20. The average molecular weight is 526 g/mol. The van der Waals surface area contributed by atoms with Crippen LogP contribution in [0.25, 0.3) is 0 Å². The number of amides is 1. The number of rotatable bonds is 8. The molecule has 0 aromatic heterocycles. The van der Waals surface area contributed by atoms with Crippen molar-refractivity contribution in [1.29, 1.82) is 5.26 Å². The van der Waals surface area contributed by atoms with E-state index in [2.05, 4.69) is 4.72 Å². The van der Waals surface area contributed by atoms with Gasteiger partial charge in [0.25, 0.3) is 0 Å². The Morgan fingerprint density at radius 1 is 1.28 bits per heavy atom. The van der Waals surface area contributed by atoms with Gasteiger partial charge in [0.15, 0.2) is 0 Å². The lowest BCUT2D eigenvalue weighted by Crippen LogP contribution is -2.48. The van der Waals surface area contributed by atoms with Gasteiger partial charge in [-0.2, -0.15) is 23.2 Å². The van der Waals surface area contributed by atoms with E-state index in [9.17, 15) is 36.3 Å². The van der Waals surface area contributed by atoms with Crippen molar-refractivity contribution in [2.24, 2.45) is 0 Å². The molecule has 13 heteroatoms. The van der Waals surface area contributed by atoms with E-state index in [4.69, 9.17) is 10.00 Å². The summed E-state index contributed by atoms with van der Waals surface area (Å²) < 4.78 is 72.6. The molecule has 2 aromatic carbocycles. The Bertz CT molecular complexity index is 1310. The minimum atomic E-state index is -5.12. The molecule has 0 fully saturated rings. The fraction of sp³-hybridized carbons (Fsp3) is 0.348. The topological polar surface area (TPSA) is 137 Å². The quantitative estimate of drug-likeness (QED) is 0.539. The number of nitrogens with one attached hydrogen (secondary N) is 1. The molecule has 2 atom stereocenters. The molecule has 2 N–H and O–H groups in total. The number of halogens is 3. The van der Waals surface area contributed by atoms with Crippen LogP contribution in [0.3, 0.4) is 0 Å². The number of nitriles is 1. The van der Waals surface area contributed by atoms with Crippen molar-refractivity contribution in [1.82, 2.24) is 9.62 Å². The molecule has 192 valence electrons. The maximum atomic E-state index is 13.1. The van der Waals surface area contributed by atoms with E-state index in [1.165, 1.54) is 37.4 Å². The normalized spacial score (nSPS) is 16.6. The van der Waals surface area contributed by atoms with Crippen LogP contribution in [0, 0.1) is 11.3 Å². The minimum Gasteiger partial charge on any atom is -0.480 e. The SMILES string of the molecule is COC[C@H]1c2cc(S(=O)(=O)N[C@@H](Cc3cccc(C#N)c3)C(=O)O)ccc2CCN1C(=O)C(F)(F)F. The van der Waals surface area contributed by atoms with Crippen molar-refractivity contribution in [2.75, 3.05) is 20.3 Å². The van der Waals surface area contributed by atoms with E-state index >= 15 is 0 Å². The van der Waals surface area contributed by atoms with Gasteiger partial charge in [0.05, 0.1) is 29.2 Å². The van der Waals surface area contributed by atoms with E-state index in [0.29, 0.717) is 16.0 Å². The number of hydrogen-bond acceptors (Lipinski definition) is 6.